The maximum absolute atomic E-state index is 11.5. The van der Waals surface area contributed by atoms with Crippen LogP contribution in [0.5, 0.6) is 0 Å². The summed E-state index contributed by atoms with van der Waals surface area (Å²) in [4.78, 5) is 11.5. The van der Waals surface area contributed by atoms with Gasteiger partial charge in [0.05, 0.1) is 12.2 Å². The van der Waals surface area contributed by atoms with Gasteiger partial charge in [0.2, 0.25) is 0 Å². The molecule has 6 heteroatoms. The molecule has 4 aliphatic rings. The van der Waals surface area contributed by atoms with Gasteiger partial charge in [0.25, 0.3) is 0 Å². The summed E-state index contributed by atoms with van der Waals surface area (Å²) in [7, 11) is 0. The standard InChI is InChI=1S/C10H16O3.C10H14O3.CH4/c2*1-4-6-5-7(11)9-8(6)12-10(2,3)13-9;/h4,6-9,11H,1,5H2,2-3H3;4,6,8-9H,1,5H2,2-3H3;1H4/t6-,7-,8+,9-;6-,8+,9-;/m00./s1. The molecule has 2 saturated carbocycles. The van der Waals surface area contributed by atoms with E-state index >= 15 is 0 Å². The van der Waals surface area contributed by atoms with Crippen LogP contribution < -0.4 is 0 Å². The zero-order valence-corrected chi connectivity index (χ0v) is 16.0. The molecule has 0 amide bonds. The molecule has 0 bridgehead atoms. The van der Waals surface area contributed by atoms with Crippen molar-refractivity contribution in [3.63, 3.8) is 0 Å². The summed E-state index contributed by atoms with van der Waals surface area (Å²) in [5, 5.41) is 9.68. The number of ketones is 1. The summed E-state index contributed by atoms with van der Waals surface area (Å²) in [5.74, 6) is -0.688. The number of rotatable bonds is 2. The molecule has 0 unspecified atom stereocenters. The highest BCUT2D eigenvalue weighted by Gasteiger charge is 2.53. The monoisotopic (exact) mass is 382 g/mol. The summed E-state index contributed by atoms with van der Waals surface area (Å²) in [5.41, 5.74) is 0. The first-order valence-electron chi connectivity index (χ1n) is 9.24. The van der Waals surface area contributed by atoms with Gasteiger partial charge in [0.15, 0.2) is 17.4 Å². The van der Waals surface area contributed by atoms with Gasteiger partial charge in [0.1, 0.15) is 18.3 Å². The van der Waals surface area contributed by atoms with Gasteiger partial charge in [-0.05, 0) is 34.1 Å². The van der Waals surface area contributed by atoms with E-state index in [1.165, 1.54) is 0 Å². The van der Waals surface area contributed by atoms with Gasteiger partial charge in [-0.2, -0.15) is 0 Å². The van der Waals surface area contributed by atoms with Gasteiger partial charge in [-0.1, -0.05) is 19.6 Å². The second-order valence-electron chi connectivity index (χ2n) is 8.36. The number of carbonyl (C=O) groups is 1. The average Bonchev–Trinajstić information content (AvgIpc) is 3.21. The second kappa shape index (κ2) is 7.76. The van der Waals surface area contributed by atoms with E-state index in [0.29, 0.717) is 12.8 Å². The number of fused-ring (bicyclic) bond motifs is 2. The van der Waals surface area contributed by atoms with Gasteiger partial charge in [-0.25, -0.2) is 0 Å². The first-order chi connectivity index (χ1) is 12.1. The van der Waals surface area contributed by atoms with Crippen molar-refractivity contribution in [3.05, 3.63) is 25.3 Å². The minimum absolute atomic E-state index is 0. The fraction of sp³-hybridized carbons (Fsp3) is 0.762. The minimum Gasteiger partial charge on any atom is -0.390 e. The number of ether oxygens (including phenoxy) is 4. The molecule has 27 heavy (non-hydrogen) atoms. The Morgan fingerprint density at radius 1 is 0.926 bits per heavy atom. The van der Waals surface area contributed by atoms with Crippen LogP contribution in [0, 0.1) is 11.8 Å². The van der Waals surface area contributed by atoms with Crippen LogP contribution in [-0.4, -0.2) is 53.0 Å². The summed E-state index contributed by atoms with van der Waals surface area (Å²) in [6.07, 6.45) is 3.78. The highest BCUT2D eigenvalue weighted by atomic mass is 16.8. The van der Waals surface area contributed by atoms with E-state index in [1.54, 1.807) is 6.08 Å². The maximum Gasteiger partial charge on any atom is 0.165 e. The van der Waals surface area contributed by atoms with Crippen molar-refractivity contribution in [1.29, 1.82) is 0 Å². The molecule has 4 rings (SSSR count). The van der Waals surface area contributed by atoms with Gasteiger partial charge >= 0.3 is 0 Å². The van der Waals surface area contributed by atoms with Crippen molar-refractivity contribution in [2.24, 2.45) is 11.8 Å². The van der Waals surface area contributed by atoms with E-state index in [0.717, 1.165) is 0 Å². The van der Waals surface area contributed by atoms with E-state index < -0.39 is 17.7 Å². The van der Waals surface area contributed by atoms with Crippen molar-refractivity contribution < 1.29 is 28.8 Å². The van der Waals surface area contributed by atoms with E-state index in [1.807, 2.05) is 33.8 Å². The van der Waals surface area contributed by atoms with E-state index in [2.05, 4.69) is 13.2 Å². The van der Waals surface area contributed by atoms with Gasteiger partial charge in [-0.3, -0.25) is 4.79 Å². The fourth-order valence-corrected chi connectivity index (χ4v) is 4.26. The molecule has 2 saturated heterocycles. The first kappa shape index (κ1) is 22.2. The molecule has 154 valence electrons. The lowest BCUT2D eigenvalue weighted by atomic mass is 10.1. The van der Waals surface area contributed by atoms with Crippen LogP contribution in [0.1, 0.15) is 48.0 Å². The van der Waals surface area contributed by atoms with Crippen molar-refractivity contribution in [1.82, 2.24) is 0 Å². The fourth-order valence-electron chi connectivity index (χ4n) is 4.26. The van der Waals surface area contributed by atoms with Gasteiger partial charge < -0.3 is 24.1 Å². The van der Waals surface area contributed by atoms with Gasteiger partial charge in [0, 0.05) is 18.3 Å². The smallest absolute Gasteiger partial charge is 0.165 e. The Kier molecular flexibility index (Phi) is 6.39. The quantitative estimate of drug-likeness (QED) is 0.740. The largest absolute Gasteiger partial charge is 0.390 e. The van der Waals surface area contributed by atoms with Crippen molar-refractivity contribution in [2.75, 3.05) is 0 Å². The Hall–Kier alpha value is -1.05. The Morgan fingerprint density at radius 2 is 1.44 bits per heavy atom. The normalized spacial score (nSPS) is 43.1. The molecule has 7 atom stereocenters. The summed E-state index contributed by atoms with van der Waals surface area (Å²) >= 11 is 0. The molecule has 0 aromatic carbocycles. The molecule has 0 spiro atoms. The Morgan fingerprint density at radius 3 is 2.04 bits per heavy atom. The van der Waals surface area contributed by atoms with Crippen LogP contribution in [0.3, 0.4) is 0 Å². The predicted molar refractivity (Wildman–Crippen MR) is 102 cm³/mol. The van der Waals surface area contributed by atoms with Crippen molar-refractivity contribution >= 4 is 5.78 Å². The molecule has 0 aromatic rings. The Labute approximate surface area is 162 Å². The number of hydrogen-bond acceptors (Lipinski definition) is 6. The van der Waals surface area contributed by atoms with E-state index in [9.17, 15) is 9.90 Å². The highest BCUT2D eigenvalue weighted by Crippen LogP contribution is 2.42. The molecule has 2 heterocycles. The molecule has 0 radical (unpaired) electrons. The molecular formula is C21H34O6. The number of carbonyl (C=O) groups excluding carboxylic acids is 1. The molecule has 4 fully saturated rings. The molecule has 0 aromatic heterocycles. The lowest BCUT2D eigenvalue weighted by Crippen LogP contribution is -2.28. The molecule has 1 N–H and O–H groups in total. The van der Waals surface area contributed by atoms with Crippen LogP contribution in [0.4, 0.5) is 0 Å². The summed E-state index contributed by atoms with van der Waals surface area (Å²) < 4.78 is 22.4. The van der Waals surface area contributed by atoms with E-state index in [-0.39, 0.29) is 49.5 Å². The second-order valence-corrected chi connectivity index (χ2v) is 8.36. The first-order valence-corrected chi connectivity index (χ1v) is 9.24. The number of aliphatic hydroxyl groups is 1. The number of Topliss-reactive ketones (excluding diaryl/α,β-unsaturated/α-hetero) is 1. The van der Waals surface area contributed by atoms with Crippen molar-refractivity contribution in [3.8, 4) is 0 Å². The number of aliphatic hydroxyl groups excluding tert-OH is 1. The molecule has 6 nitrogen and oxygen atoms in total. The predicted octanol–water partition coefficient (Wildman–Crippen LogP) is 2.99. The highest BCUT2D eigenvalue weighted by molar-refractivity contribution is 5.87. The van der Waals surface area contributed by atoms with E-state index in [4.69, 9.17) is 18.9 Å². The summed E-state index contributed by atoms with van der Waals surface area (Å²) in [6.45, 7) is 14.8. The van der Waals surface area contributed by atoms with Crippen LogP contribution in [0.25, 0.3) is 0 Å². The zero-order valence-electron chi connectivity index (χ0n) is 16.0. The van der Waals surface area contributed by atoms with Crippen molar-refractivity contribution in [2.45, 2.75) is 90.1 Å². The zero-order chi connectivity index (χ0) is 19.3. The SMILES string of the molecule is C.C=C[C@H]1CC(=O)[C@@H]2OC(C)(C)O[C@H]12.C=C[C@H]1C[C@H](O)[C@@H]2OC(C)(C)O[C@@H]21. The Bertz CT molecular complexity index is 583. The third kappa shape index (κ3) is 4.35. The van der Waals surface area contributed by atoms with Crippen LogP contribution in [0.2, 0.25) is 0 Å². The average molecular weight is 382 g/mol. The Balaban J connectivity index is 0.000000187. The van der Waals surface area contributed by atoms with Crippen LogP contribution in [0.15, 0.2) is 25.3 Å². The minimum atomic E-state index is -0.618. The topological polar surface area (TPSA) is 74.2 Å². The maximum atomic E-state index is 11.5. The van der Waals surface area contributed by atoms with Crippen LogP contribution in [-0.2, 0) is 23.7 Å². The van der Waals surface area contributed by atoms with Crippen LogP contribution >= 0.6 is 0 Å². The molecule has 2 aliphatic heterocycles. The number of hydrogen-bond donors (Lipinski definition) is 1. The third-order valence-electron chi connectivity index (χ3n) is 5.39. The van der Waals surface area contributed by atoms with Gasteiger partial charge in [-0.15, -0.1) is 13.2 Å². The third-order valence-corrected chi connectivity index (χ3v) is 5.39. The lowest BCUT2D eigenvalue weighted by molar-refractivity contribution is -0.164. The lowest BCUT2D eigenvalue weighted by Gasteiger charge is -2.20. The molecular weight excluding hydrogens is 348 g/mol. The molecule has 2 aliphatic carbocycles. The summed E-state index contributed by atoms with van der Waals surface area (Å²) in [6, 6.07) is 0.